The molecule has 2 aliphatic rings. The quantitative estimate of drug-likeness (QED) is 0.932. The van der Waals surface area contributed by atoms with Crippen LogP contribution in [0.3, 0.4) is 0 Å². The molecule has 1 N–H and O–H groups in total. The monoisotopic (exact) mass is 324 g/mol. The Morgan fingerprint density at radius 2 is 1.92 bits per heavy atom. The Balaban J connectivity index is 1.48. The van der Waals surface area contributed by atoms with E-state index in [0.717, 1.165) is 30.8 Å². The molecular weight excluding hydrogens is 300 g/mol. The summed E-state index contributed by atoms with van der Waals surface area (Å²) < 4.78 is 0. The van der Waals surface area contributed by atoms with Crippen molar-refractivity contribution in [2.24, 2.45) is 5.92 Å². The van der Waals surface area contributed by atoms with Crippen LogP contribution in [0, 0.1) is 5.92 Å². The molecule has 4 rings (SSSR count). The minimum atomic E-state index is 0.0591. The maximum Gasteiger partial charge on any atom is 0.223 e. The number of aromatic nitrogens is 3. The first-order valence-electron chi connectivity index (χ1n) is 9.08. The first-order valence-corrected chi connectivity index (χ1v) is 9.08. The van der Waals surface area contributed by atoms with Crippen LogP contribution in [0.25, 0.3) is 11.4 Å². The summed E-state index contributed by atoms with van der Waals surface area (Å²) in [6, 6.07) is 10.0. The molecule has 0 spiro atoms. The van der Waals surface area contributed by atoms with Crippen molar-refractivity contribution in [2.45, 2.75) is 51.0 Å². The molecule has 1 aliphatic heterocycles. The van der Waals surface area contributed by atoms with E-state index in [0.29, 0.717) is 24.1 Å². The minimum absolute atomic E-state index is 0.0591. The van der Waals surface area contributed by atoms with Gasteiger partial charge in [-0.15, -0.1) is 0 Å². The Kier molecular flexibility index (Phi) is 4.32. The van der Waals surface area contributed by atoms with Gasteiger partial charge >= 0.3 is 0 Å². The normalized spacial score (nSPS) is 21.5. The topological polar surface area (TPSA) is 61.9 Å². The van der Waals surface area contributed by atoms with Crippen LogP contribution in [-0.2, 0) is 4.79 Å². The Hall–Kier alpha value is -2.17. The van der Waals surface area contributed by atoms with E-state index in [-0.39, 0.29) is 6.04 Å². The Labute approximate surface area is 142 Å². The second-order valence-electron chi connectivity index (χ2n) is 7.01. The van der Waals surface area contributed by atoms with Gasteiger partial charge in [-0.3, -0.25) is 9.89 Å². The lowest BCUT2D eigenvalue weighted by atomic mass is 10.0. The van der Waals surface area contributed by atoms with Crippen LogP contribution in [0.15, 0.2) is 30.3 Å². The van der Waals surface area contributed by atoms with Crippen molar-refractivity contribution in [1.29, 1.82) is 0 Å². The van der Waals surface area contributed by atoms with Gasteiger partial charge in [0.05, 0.1) is 6.04 Å². The molecule has 2 heterocycles. The number of carbonyl (C=O) groups is 1. The predicted octanol–water partition coefficient (Wildman–Crippen LogP) is 3.72. The molecule has 1 atom stereocenters. The summed E-state index contributed by atoms with van der Waals surface area (Å²) >= 11 is 0. The molecule has 2 aromatic rings. The highest BCUT2D eigenvalue weighted by atomic mass is 16.2. The van der Waals surface area contributed by atoms with Gasteiger partial charge in [0.25, 0.3) is 0 Å². The molecule has 0 bridgehead atoms. The number of nitrogens with zero attached hydrogens (tertiary/aromatic N) is 3. The molecule has 0 radical (unpaired) electrons. The molecule has 1 aromatic heterocycles. The van der Waals surface area contributed by atoms with E-state index in [9.17, 15) is 4.79 Å². The number of aromatic amines is 1. The predicted molar refractivity (Wildman–Crippen MR) is 92.1 cm³/mol. The third-order valence-corrected chi connectivity index (χ3v) is 5.36. The summed E-state index contributed by atoms with van der Waals surface area (Å²) in [5, 5.41) is 7.42. The first-order chi connectivity index (χ1) is 11.8. The summed E-state index contributed by atoms with van der Waals surface area (Å²) in [5.74, 6) is 2.42. The maximum absolute atomic E-state index is 12.7. The number of nitrogens with one attached hydrogen (secondary N) is 1. The fraction of sp³-hybridized carbons (Fsp3) is 0.526. The molecule has 1 aromatic carbocycles. The number of rotatable bonds is 4. The van der Waals surface area contributed by atoms with E-state index in [4.69, 9.17) is 0 Å². The largest absolute Gasteiger partial charge is 0.332 e. The maximum atomic E-state index is 12.7. The van der Waals surface area contributed by atoms with Crippen molar-refractivity contribution in [3.05, 3.63) is 36.2 Å². The summed E-state index contributed by atoms with van der Waals surface area (Å²) in [6.45, 7) is 0.845. The van der Waals surface area contributed by atoms with Crippen molar-refractivity contribution < 1.29 is 4.79 Å². The Morgan fingerprint density at radius 3 is 2.71 bits per heavy atom. The molecule has 2 fully saturated rings. The van der Waals surface area contributed by atoms with Gasteiger partial charge in [-0.1, -0.05) is 43.2 Å². The highest BCUT2D eigenvalue weighted by Crippen LogP contribution is 2.34. The molecule has 24 heavy (non-hydrogen) atoms. The number of benzene rings is 1. The van der Waals surface area contributed by atoms with E-state index < -0.39 is 0 Å². The van der Waals surface area contributed by atoms with Crippen molar-refractivity contribution in [3.63, 3.8) is 0 Å². The second kappa shape index (κ2) is 6.75. The summed E-state index contributed by atoms with van der Waals surface area (Å²) in [6.07, 6.45) is 7.71. The van der Waals surface area contributed by atoms with Gasteiger partial charge in [-0.25, -0.2) is 4.98 Å². The summed E-state index contributed by atoms with van der Waals surface area (Å²) in [4.78, 5) is 19.4. The van der Waals surface area contributed by atoms with Crippen LogP contribution in [0.5, 0.6) is 0 Å². The highest BCUT2D eigenvalue weighted by molar-refractivity contribution is 5.77. The Morgan fingerprint density at radius 1 is 1.12 bits per heavy atom. The van der Waals surface area contributed by atoms with Gasteiger partial charge in [0, 0.05) is 18.5 Å². The zero-order valence-corrected chi connectivity index (χ0v) is 13.9. The molecule has 1 saturated heterocycles. The zero-order chi connectivity index (χ0) is 16.4. The fourth-order valence-electron chi connectivity index (χ4n) is 4.07. The number of hydrogen-bond donors (Lipinski definition) is 1. The van der Waals surface area contributed by atoms with Gasteiger partial charge < -0.3 is 4.90 Å². The summed E-state index contributed by atoms with van der Waals surface area (Å²) in [5.41, 5.74) is 1.00. The second-order valence-corrected chi connectivity index (χ2v) is 7.01. The van der Waals surface area contributed by atoms with Gasteiger partial charge in [-0.2, -0.15) is 5.10 Å². The number of H-pyrrole nitrogens is 1. The fourth-order valence-corrected chi connectivity index (χ4v) is 4.07. The molecule has 1 amide bonds. The lowest BCUT2D eigenvalue weighted by Crippen LogP contribution is -2.32. The van der Waals surface area contributed by atoms with Crippen LogP contribution in [-0.4, -0.2) is 32.5 Å². The number of carbonyl (C=O) groups excluding carboxylic acids is 1. The van der Waals surface area contributed by atoms with Gasteiger partial charge in [0.2, 0.25) is 5.91 Å². The van der Waals surface area contributed by atoms with Gasteiger partial charge in [0.15, 0.2) is 5.82 Å². The zero-order valence-electron chi connectivity index (χ0n) is 13.9. The molecular formula is C19H24N4O. The number of hydrogen-bond acceptors (Lipinski definition) is 3. The van der Waals surface area contributed by atoms with Crippen molar-refractivity contribution >= 4 is 5.91 Å². The van der Waals surface area contributed by atoms with Crippen LogP contribution >= 0.6 is 0 Å². The lowest BCUT2D eigenvalue weighted by molar-refractivity contribution is -0.133. The average molecular weight is 324 g/mol. The van der Waals surface area contributed by atoms with E-state index in [1.807, 2.05) is 35.2 Å². The van der Waals surface area contributed by atoms with Crippen molar-refractivity contribution in [1.82, 2.24) is 20.1 Å². The molecule has 1 saturated carbocycles. The van der Waals surface area contributed by atoms with Crippen molar-refractivity contribution in [2.75, 3.05) is 6.54 Å². The van der Waals surface area contributed by atoms with Gasteiger partial charge in [-0.05, 0) is 31.6 Å². The van der Waals surface area contributed by atoms with Crippen LogP contribution in [0.2, 0.25) is 0 Å². The molecule has 5 nitrogen and oxygen atoms in total. The minimum Gasteiger partial charge on any atom is -0.332 e. The standard InChI is InChI=1S/C19H24N4O/c24-17(13-14-7-4-5-8-14)23-12-6-11-16(23)19-20-18(21-22-19)15-9-2-1-3-10-15/h1-3,9-10,14,16H,4-8,11-13H2,(H,20,21,22)/t16-/m0/s1. The number of amides is 1. The first kappa shape index (κ1) is 15.4. The lowest BCUT2D eigenvalue weighted by Gasteiger charge is -2.24. The van der Waals surface area contributed by atoms with Gasteiger partial charge in [0.1, 0.15) is 5.82 Å². The molecule has 126 valence electrons. The Bertz CT molecular complexity index is 690. The highest BCUT2D eigenvalue weighted by Gasteiger charge is 2.33. The summed E-state index contributed by atoms with van der Waals surface area (Å²) in [7, 11) is 0. The van der Waals surface area contributed by atoms with Crippen LogP contribution in [0.1, 0.15) is 56.8 Å². The number of likely N-dealkylation sites (tertiary alicyclic amines) is 1. The third kappa shape index (κ3) is 3.07. The van der Waals surface area contributed by atoms with E-state index >= 15 is 0 Å². The van der Waals surface area contributed by atoms with Crippen LogP contribution in [0.4, 0.5) is 0 Å². The van der Waals surface area contributed by atoms with E-state index in [1.165, 1.54) is 25.7 Å². The van der Waals surface area contributed by atoms with E-state index in [2.05, 4.69) is 15.2 Å². The smallest absolute Gasteiger partial charge is 0.223 e. The molecule has 0 unspecified atom stereocenters. The third-order valence-electron chi connectivity index (χ3n) is 5.36. The molecule has 1 aliphatic carbocycles. The molecule has 5 heteroatoms. The SMILES string of the molecule is O=C(CC1CCCC1)N1CCC[C@H]1c1nc(-c2ccccc2)n[nH]1. The van der Waals surface area contributed by atoms with Crippen LogP contribution < -0.4 is 0 Å². The average Bonchev–Trinajstić information content (AvgIpc) is 3.36. The van der Waals surface area contributed by atoms with Crippen molar-refractivity contribution in [3.8, 4) is 11.4 Å². The van der Waals surface area contributed by atoms with E-state index in [1.54, 1.807) is 0 Å².